The first-order valence-electron chi connectivity index (χ1n) is 8.59. The first-order chi connectivity index (χ1) is 12.8. The van der Waals surface area contributed by atoms with Gasteiger partial charge in [0.05, 0.1) is 13.7 Å². The Bertz CT molecular complexity index is 905. The van der Waals surface area contributed by atoms with Crippen LogP contribution in [0.3, 0.4) is 0 Å². The Hall–Kier alpha value is -2.35. The number of alkyl halides is 3. The maximum Gasteiger partial charge on any atom is 0.418 e. The zero-order valence-corrected chi connectivity index (χ0v) is 16.1. The maximum absolute atomic E-state index is 13.8. The lowest BCUT2D eigenvalue weighted by molar-refractivity contribution is -0.271. The van der Waals surface area contributed by atoms with E-state index < -0.39 is 41.5 Å². The fourth-order valence-corrected chi connectivity index (χ4v) is 3.30. The van der Waals surface area contributed by atoms with E-state index in [0.717, 1.165) is 16.7 Å². The van der Waals surface area contributed by atoms with Crippen molar-refractivity contribution in [2.45, 2.75) is 50.9 Å². The zero-order valence-electron chi connectivity index (χ0n) is 16.1. The van der Waals surface area contributed by atoms with Gasteiger partial charge in [0.15, 0.2) is 5.60 Å². The molecule has 1 heterocycles. The average Bonchev–Trinajstić information content (AvgIpc) is 2.56. The molecular weight excluding hydrogens is 378 g/mol. The smallest absolute Gasteiger partial charge is 0.418 e. The maximum atomic E-state index is 13.8. The number of ether oxygens (including phenoxy) is 1. The predicted molar refractivity (Wildman–Crippen MR) is 97.0 cm³/mol. The Morgan fingerprint density at radius 3 is 2.32 bits per heavy atom. The van der Waals surface area contributed by atoms with Gasteiger partial charge in [0.1, 0.15) is 11.6 Å². The van der Waals surface area contributed by atoms with E-state index in [2.05, 4.69) is 0 Å². The highest BCUT2D eigenvalue weighted by molar-refractivity contribution is 5.39. The summed E-state index contributed by atoms with van der Waals surface area (Å²) < 4.78 is 61.2. The van der Waals surface area contributed by atoms with Crippen molar-refractivity contribution in [2.75, 3.05) is 7.11 Å². The van der Waals surface area contributed by atoms with Crippen LogP contribution < -0.4 is 10.3 Å². The topological polar surface area (TPSA) is 51.5 Å². The summed E-state index contributed by atoms with van der Waals surface area (Å²) in [6, 6.07) is 6.23. The van der Waals surface area contributed by atoms with Crippen molar-refractivity contribution in [1.82, 2.24) is 4.57 Å². The lowest BCUT2D eigenvalue weighted by Crippen LogP contribution is -2.53. The van der Waals surface area contributed by atoms with Gasteiger partial charge in [-0.25, -0.2) is 4.39 Å². The lowest BCUT2D eigenvalue weighted by atomic mass is 9.74. The molecule has 0 saturated heterocycles. The van der Waals surface area contributed by atoms with Crippen LogP contribution in [0.1, 0.15) is 31.4 Å². The van der Waals surface area contributed by atoms with E-state index in [4.69, 9.17) is 4.74 Å². The minimum Gasteiger partial charge on any atom is -0.496 e. The molecule has 1 unspecified atom stereocenters. The van der Waals surface area contributed by atoms with Crippen LogP contribution in [0.5, 0.6) is 5.75 Å². The number of rotatable bonds is 6. The molecule has 154 valence electrons. The second kappa shape index (κ2) is 7.58. The Morgan fingerprint density at radius 1 is 1.14 bits per heavy atom. The van der Waals surface area contributed by atoms with Gasteiger partial charge in [0, 0.05) is 17.8 Å². The summed E-state index contributed by atoms with van der Waals surface area (Å²) in [5.74, 6) is -0.419. The first-order valence-corrected chi connectivity index (χ1v) is 8.59. The van der Waals surface area contributed by atoms with Gasteiger partial charge in [0.25, 0.3) is 5.56 Å². The van der Waals surface area contributed by atoms with Crippen LogP contribution >= 0.6 is 0 Å². The van der Waals surface area contributed by atoms with Crippen molar-refractivity contribution in [1.29, 1.82) is 0 Å². The van der Waals surface area contributed by atoms with Gasteiger partial charge in [-0.05, 0) is 48.6 Å². The number of nitrogens with zero attached hydrogens (tertiary/aromatic N) is 1. The molecule has 0 bridgehead atoms. The Balaban J connectivity index is 2.49. The number of hydrogen-bond donors (Lipinski definition) is 1. The van der Waals surface area contributed by atoms with E-state index in [1.54, 1.807) is 6.92 Å². The molecule has 1 N–H and O–H groups in total. The molecule has 8 heteroatoms. The number of aliphatic hydroxyl groups is 1. The van der Waals surface area contributed by atoms with Gasteiger partial charge in [-0.2, -0.15) is 13.2 Å². The fraction of sp³-hybridized carbons (Fsp3) is 0.450. The highest BCUT2D eigenvalue weighted by atomic mass is 19.4. The molecule has 0 spiro atoms. The van der Waals surface area contributed by atoms with Crippen LogP contribution in [-0.2, 0) is 12.0 Å². The SMILES string of the molecule is COc1ccc(F)cc1C(C)(C)CC(O)(Cn1ccc(C)cc1=O)C(F)(F)F. The van der Waals surface area contributed by atoms with Crippen LogP contribution in [0.25, 0.3) is 0 Å². The number of benzene rings is 1. The van der Waals surface area contributed by atoms with Gasteiger partial charge in [-0.3, -0.25) is 4.79 Å². The average molecular weight is 401 g/mol. The quantitative estimate of drug-likeness (QED) is 0.746. The summed E-state index contributed by atoms with van der Waals surface area (Å²) in [6.45, 7) is 3.58. The molecule has 28 heavy (non-hydrogen) atoms. The summed E-state index contributed by atoms with van der Waals surface area (Å²) in [5, 5.41) is 10.6. The molecule has 2 rings (SSSR count). The molecule has 0 aliphatic carbocycles. The minimum atomic E-state index is -5.02. The summed E-state index contributed by atoms with van der Waals surface area (Å²) in [5.41, 5.74) is -4.39. The largest absolute Gasteiger partial charge is 0.496 e. The van der Waals surface area contributed by atoms with E-state index in [9.17, 15) is 27.5 Å². The van der Waals surface area contributed by atoms with E-state index in [-0.39, 0.29) is 11.3 Å². The van der Waals surface area contributed by atoms with Crippen molar-refractivity contribution in [3.8, 4) is 5.75 Å². The van der Waals surface area contributed by atoms with Gasteiger partial charge in [-0.1, -0.05) is 13.8 Å². The third-order valence-corrected chi connectivity index (χ3v) is 4.74. The molecule has 0 amide bonds. The summed E-state index contributed by atoms with van der Waals surface area (Å²) >= 11 is 0. The van der Waals surface area contributed by atoms with E-state index in [1.807, 2.05) is 0 Å². The third kappa shape index (κ3) is 4.55. The monoisotopic (exact) mass is 401 g/mol. The molecule has 1 aromatic heterocycles. The molecule has 0 aliphatic heterocycles. The van der Waals surface area contributed by atoms with Crippen LogP contribution in [0, 0.1) is 12.7 Å². The number of methoxy groups -OCH3 is 1. The minimum absolute atomic E-state index is 0.189. The molecular formula is C20H23F4NO3. The lowest BCUT2D eigenvalue weighted by Gasteiger charge is -2.38. The standard InChI is InChI=1S/C20H23F4NO3/c1-13-7-8-25(17(26)9-13)12-19(27,20(22,23)24)11-18(2,3)15-10-14(21)5-6-16(15)28-4/h5-10,27H,11-12H2,1-4H3. The van der Waals surface area contributed by atoms with Crippen molar-refractivity contribution in [3.63, 3.8) is 0 Å². The molecule has 2 aromatic rings. The Morgan fingerprint density at radius 2 is 1.79 bits per heavy atom. The van der Waals surface area contributed by atoms with Gasteiger partial charge >= 0.3 is 6.18 Å². The van der Waals surface area contributed by atoms with Crippen molar-refractivity contribution in [3.05, 3.63) is 63.8 Å². The van der Waals surface area contributed by atoms with Crippen LogP contribution in [-0.4, -0.2) is 28.6 Å². The fourth-order valence-electron chi connectivity index (χ4n) is 3.30. The van der Waals surface area contributed by atoms with Crippen molar-refractivity contribution < 1.29 is 27.4 Å². The normalized spacial score (nSPS) is 14.6. The summed E-state index contributed by atoms with van der Waals surface area (Å²) in [6.07, 6.45) is -4.61. The molecule has 0 radical (unpaired) electrons. The number of aryl methyl sites for hydroxylation is 1. The van der Waals surface area contributed by atoms with Gasteiger partial charge < -0.3 is 14.4 Å². The third-order valence-electron chi connectivity index (χ3n) is 4.74. The summed E-state index contributed by atoms with van der Waals surface area (Å²) in [7, 11) is 1.33. The van der Waals surface area contributed by atoms with E-state index in [1.165, 1.54) is 45.4 Å². The highest BCUT2D eigenvalue weighted by Crippen LogP contribution is 2.44. The van der Waals surface area contributed by atoms with Crippen LogP contribution in [0.4, 0.5) is 17.6 Å². The second-order valence-corrected chi connectivity index (χ2v) is 7.60. The van der Waals surface area contributed by atoms with Gasteiger partial charge in [-0.15, -0.1) is 0 Å². The molecule has 0 fully saturated rings. The van der Waals surface area contributed by atoms with Crippen LogP contribution in [0.15, 0.2) is 41.3 Å². The second-order valence-electron chi connectivity index (χ2n) is 7.60. The zero-order chi connectivity index (χ0) is 21.3. The predicted octanol–water partition coefficient (Wildman–Crippen LogP) is 3.97. The van der Waals surface area contributed by atoms with E-state index >= 15 is 0 Å². The molecule has 1 atom stereocenters. The highest BCUT2D eigenvalue weighted by Gasteiger charge is 2.56. The number of pyridine rings is 1. The molecule has 0 saturated carbocycles. The molecule has 0 aliphatic rings. The number of halogens is 4. The first kappa shape index (κ1) is 21.9. The Labute approximate surface area is 160 Å². The number of aromatic nitrogens is 1. The number of hydrogen-bond acceptors (Lipinski definition) is 3. The summed E-state index contributed by atoms with van der Waals surface area (Å²) in [4.78, 5) is 12.0. The Kier molecular flexibility index (Phi) is 5.94. The van der Waals surface area contributed by atoms with E-state index in [0.29, 0.717) is 5.56 Å². The van der Waals surface area contributed by atoms with Crippen molar-refractivity contribution in [2.24, 2.45) is 0 Å². The van der Waals surface area contributed by atoms with Crippen LogP contribution in [0.2, 0.25) is 0 Å². The molecule has 4 nitrogen and oxygen atoms in total. The van der Waals surface area contributed by atoms with Gasteiger partial charge in [0.2, 0.25) is 0 Å². The molecule has 1 aromatic carbocycles. The van der Waals surface area contributed by atoms with Crippen molar-refractivity contribution >= 4 is 0 Å².